The topological polar surface area (TPSA) is 27.1 Å². The predicted molar refractivity (Wildman–Crippen MR) is 84.1 cm³/mol. The fourth-order valence-electron chi connectivity index (χ4n) is 2.39. The molecule has 0 saturated carbocycles. The molecule has 1 atom stereocenters. The van der Waals surface area contributed by atoms with Crippen molar-refractivity contribution in [1.29, 1.82) is 0 Å². The van der Waals surface area contributed by atoms with Gasteiger partial charge >= 0.3 is 0 Å². The van der Waals surface area contributed by atoms with Crippen molar-refractivity contribution >= 4 is 15.9 Å². The first kappa shape index (κ1) is 15.1. The van der Waals surface area contributed by atoms with Gasteiger partial charge in [0.1, 0.15) is 11.9 Å². The van der Waals surface area contributed by atoms with Crippen LogP contribution in [0.5, 0.6) is 5.75 Å². The molecule has 1 unspecified atom stereocenters. The summed E-state index contributed by atoms with van der Waals surface area (Å²) in [6.07, 6.45) is 6.79. The van der Waals surface area contributed by atoms with Gasteiger partial charge in [-0.3, -0.25) is 4.68 Å². The van der Waals surface area contributed by atoms with E-state index in [1.165, 1.54) is 0 Å². The zero-order valence-electron chi connectivity index (χ0n) is 12.2. The van der Waals surface area contributed by atoms with Gasteiger partial charge in [-0.25, -0.2) is 0 Å². The summed E-state index contributed by atoms with van der Waals surface area (Å²) in [4.78, 5) is 0. The van der Waals surface area contributed by atoms with Crippen LogP contribution in [-0.4, -0.2) is 16.4 Å². The van der Waals surface area contributed by atoms with Crippen molar-refractivity contribution in [2.24, 2.45) is 0 Å². The molecule has 1 heterocycles. The first-order valence-electron chi connectivity index (χ1n) is 6.92. The van der Waals surface area contributed by atoms with E-state index in [0.717, 1.165) is 34.2 Å². The Labute approximate surface area is 129 Å². The molecule has 3 nitrogen and oxygen atoms in total. The van der Waals surface area contributed by atoms with Gasteiger partial charge < -0.3 is 4.74 Å². The minimum absolute atomic E-state index is 0.373. The van der Waals surface area contributed by atoms with Crippen molar-refractivity contribution < 1.29 is 4.74 Å². The van der Waals surface area contributed by atoms with E-state index in [4.69, 9.17) is 4.74 Å². The molecule has 1 aromatic carbocycles. The predicted octanol–water partition coefficient (Wildman–Crippen LogP) is 4.48. The maximum absolute atomic E-state index is 5.98. The summed E-state index contributed by atoms with van der Waals surface area (Å²) in [7, 11) is 0. The molecule has 1 aromatic heterocycles. The van der Waals surface area contributed by atoms with E-state index >= 15 is 0 Å². The number of aryl methyl sites for hydroxylation is 2. The average Bonchev–Trinajstić information content (AvgIpc) is 2.90. The SMILES string of the molecule is CCC(CCOc1c(C)cc(Br)cc1C)n1cc[c]n1. The quantitative estimate of drug-likeness (QED) is 0.777. The Bertz CT molecular complexity index is 529. The van der Waals surface area contributed by atoms with Crippen LogP contribution in [0.3, 0.4) is 0 Å². The number of halogens is 1. The minimum atomic E-state index is 0.373. The third kappa shape index (κ3) is 3.63. The summed E-state index contributed by atoms with van der Waals surface area (Å²) in [6.45, 7) is 7.02. The number of aromatic nitrogens is 2. The number of nitrogens with zero attached hydrogens (tertiary/aromatic N) is 2. The van der Waals surface area contributed by atoms with Gasteiger partial charge in [0.05, 0.1) is 12.6 Å². The Morgan fingerprint density at radius 1 is 1.35 bits per heavy atom. The van der Waals surface area contributed by atoms with Crippen molar-refractivity contribution in [3.63, 3.8) is 0 Å². The van der Waals surface area contributed by atoms with Crippen LogP contribution >= 0.6 is 15.9 Å². The van der Waals surface area contributed by atoms with Gasteiger partial charge in [-0.1, -0.05) is 22.9 Å². The molecule has 0 fully saturated rings. The number of benzene rings is 1. The average molecular weight is 336 g/mol. The van der Waals surface area contributed by atoms with Crippen LogP contribution in [0.25, 0.3) is 0 Å². The molecule has 0 bridgehead atoms. The normalized spacial score (nSPS) is 12.4. The molecule has 2 rings (SSSR count). The summed E-state index contributed by atoms with van der Waals surface area (Å²) in [5.41, 5.74) is 2.33. The highest BCUT2D eigenvalue weighted by molar-refractivity contribution is 9.10. The molecule has 0 aliphatic heterocycles. The van der Waals surface area contributed by atoms with Gasteiger partial charge in [-0.05, 0) is 49.6 Å². The van der Waals surface area contributed by atoms with Crippen molar-refractivity contribution in [3.8, 4) is 5.75 Å². The first-order chi connectivity index (χ1) is 9.61. The summed E-state index contributed by atoms with van der Waals surface area (Å²) in [6, 6.07) is 6.38. The molecule has 0 saturated heterocycles. The fraction of sp³-hybridized carbons (Fsp3) is 0.438. The largest absolute Gasteiger partial charge is 0.493 e. The highest BCUT2D eigenvalue weighted by atomic mass is 79.9. The Morgan fingerprint density at radius 3 is 2.60 bits per heavy atom. The second-order valence-corrected chi connectivity index (χ2v) is 5.91. The number of hydrogen-bond acceptors (Lipinski definition) is 2. The third-order valence-electron chi connectivity index (χ3n) is 3.44. The lowest BCUT2D eigenvalue weighted by Gasteiger charge is -2.17. The number of ether oxygens (including phenoxy) is 1. The lowest BCUT2D eigenvalue weighted by Crippen LogP contribution is -2.13. The second kappa shape index (κ2) is 6.93. The van der Waals surface area contributed by atoms with Gasteiger partial charge in [0.2, 0.25) is 0 Å². The number of hydrogen-bond donors (Lipinski definition) is 0. The van der Waals surface area contributed by atoms with Crippen molar-refractivity contribution in [2.45, 2.75) is 39.7 Å². The molecule has 0 aliphatic carbocycles. The molecule has 0 spiro atoms. The third-order valence-corrected chi connectivity index (χ3v) is 3.90. The van der Waals surface area contributed by atoms with Crippen LogP contribution in [-0.2, 0) is 0 Å². The molecule has 0 N–H and O–H groups in total. The molecule has 1 radical (unpaired) electrons. The molecule has 107 valence electrons. The Morgan fingerprint density at radius 2 is 2.05 bits per heavy atom. The Kier molecular flexibility index (Phi) is 5.24. The summed E-state index contributed by atoms with van der Waals surface area (Å²) in [5, 5.41) is 4.19. The van der Waals surface area contributed by atoms with Gasteiger partial charge in [0.25, 0.3) is 0 Å². The van der Waals surface area contributed by atoms with Crippen molar-refractivity contribution in [2.75, 3.05) is 6.61 Å². The van der Waals surface area contributed by atoms with E-state index in [1.54, 1.807) is 0 Å². The van der Waals surface area contributed by atoms with Crippen molar-refractivity contribution in [3.05, 3.63) is 46.2 Å². The zero-order chi connectivity index (χ0) is 14.5. The van der Waals surface area contributed by atoms with Gasteiger partial charge in [-0.15, -0.1) is 0 Å². The van der Waals surface area contributed by atoms with E-state index in [-0.39, 0.29) is 0 Å². The molecule has 0 aliphatic rings. The van der Waals surface area contributed by atoms with Crippen LogP contribution in [0, 0.1) is 20.0 Å². The van der Waals surface area contributed by atoms with Crippen LogP contribution in [0.4, 0.5) is 0 Å². The Hall–Kier alpha value is -1.29. The minimum Gasteiger partial charge on any atom is -0.493 e. The molecule has 0 amide bonds. The van der Waals surface area contributed by atoms with Gasteiger partial charge in [0, 0.05) is 17.1 Å². The molecular weight excluding hydrogens is 316 g/mol. The zero-order valence-corrected chi connectivity index (χ0v) is 13.8. The Balaban J connectivity index is 1.96. The fourth-order valence-corrected chi connectivity index (χ4v) is 3.08. The maximum atomic E-state index is 5.98. The van der Waals surface area contributed by atoms with Crippen molar-refractivity contribution in [1.82, 2.24) is 9.78 Å². The van der Waals surface area contributed by atoms with Gasteiger partial charge in [0.15, 0.2) is 0 Å². The highest BCUT2D eigenvalue weighted by Gasteiger charge is 2.10. The number of rotatable bonds is 6. The lowest BCUT2D eigenvalue weighted by atomic mass is 10.1. The van der Waals surface area contributed by atoms with Crippen LogP contribution < -0.4 is 4.74 Å². The summed E-state index contributed by atoms with van der Waals surface area (Å²) in [5.74, 6) is 0.995. The van der Waals surface area contributed by atoms with Crippen LogP contribution in [0.1, 0.15) is 36.9 Å². The van der Waals surface area contributed by atoms with Crippen LogP contribution in [0.2, 0.25) is 0 Å². The second-order valence-electron chi connectivity index (χ2n) is 4.99. The molecule has 4 heteroatoms. The summed E-state index contributed by atoms with van der Waals surface area (Å²) >= 11 is 3.51. The van der Waals surface area contributed by atoms with E-state index in [0.29, 0.717) is 12.6 Å². The first-order valence-corrected chi connectivity index (χ1v) is 7.72. The monoisotopic (exact) mass is 335 g/mol. The van der Waals surface area contributed by atoms with E-state index in [9.17, 15) is 0 Å². The van der Waals surface area contributed by atoms with E-state index in [2.05, 4.69) is 60.1 Å². The lowest BCUT2D eigenvalue weighted by molar-refractivity contribution is 0.264. The van der Waals surface area contributed by atoms with E-state index < -0.39 is 0 Å². The summed E-state index contributed by atoms with van der Waals surface area (Å²) < 4.78 is 9.04. The highest BCUT2D eigenvalue weighted by Crippen LogP contribution is 2.28. The maximum Gasteiger partial charge on any atom is 0.125 e. The standard InChI is InChI=1S/C16H20BrN2O/c1-4-15(19-8-5-7-18-19)6-9-20-16-12(2)10-14(17)11-13(16)3/h5,8,10-11,15H,4,6,9H2,1-3H3. The smallest absolute Gasteiger partial charge is 0.125 e. The molecular formula is C16H20BrN2O. The van der Waals surface area contributed by atoms with E-state index in [1.807, 2.05) is 16.9 Å². The molecule has 20 heavy (non-hydrogen) atoms. The molecule has 2 aromatic rings. The van der Waals surface area contributed by atoms with Gasteiger partial charge in [-0.2, -0.15) is 5.10 Å². The van der Waals surface area contributed by atoms with Crippen LogP contribution in [0.15, 0.2) is 28.9 Å².